The van der Waals surface area contributed by atoms with Crippen molar-refractivity contribution < 1.29 is 28.6 Å². The van der Waals surface area contributed by atoms with Crippen molar-refractivity contribution in [3.63, 3.8) is 0 Å². The molecule has 0 radical (unpaired) electrons. The first kappa shape index (κ1) is 28.5. The van der Waals surface area contributed by atoms with Gasteiger partial charge in [0.05, 0.1) is 40.8 Å². The van der Waals surface area contributed by atoms with Crippen molar-refractivity contribution in [2.45, 2.75) is 19.5 Å². The number of carbonyl (C=O) groups is 3. The Morgan fingerprint density at radius 1 is 0.750 bits per heavy atom. The predicted molar refractivity (Wildman–Crippen MR) is 150 cm³/mol. The van der Waals surface area contributed by atoms with Crippen molar-refractivity contribution in [1.29, 1.82) is 0 Å². The van der Waals surface area contributed by atoms with Crippen LogP contribution < -0.4 is 14.2 Å². The van der Waals surface area contributed by atoms with Gasteiger partial charge < -0.3 is 28.9 Å². The molecule has 1 aliphatic heterocycles. The molecule has 0 atom stereocenters. The molecule has 40 heavy (non-hydrogen) atoms. The van der Waals surface area contributed by atoms with Crippen LogP contribution in [0.4, 0.5) is 0 Å². The summed E-state index contributed by atoms with van der Waals surface area (Å²) in [5, 5.41) is 0. The highest BCUT2D eigenvalue weighted by Crippen LogP contribution is 2.18. The summed E-state index contributed by atoms with van der Waals surface area (Å²) < 4.78 is 15.7. The molecule has 0 spiro atoms. The highest BCUT2D eigenvalue weighted by molar-refractivity contribution is 5.90. The minimum Gasteiger partial charge on any atom is -0.497 e. The monoisotopic (exact) mass is 545 g/mol. The number of benzene rings is 3. The van der Waals surface area contributed by atoms with Crippen LogP contribution >= 0.6 is 0 Å². The molecule has 4 rings (SSSR count). The fourth-order valence-electron chi connectivity index (χ4n) is 4.56. The Balaban J connectivity index is 1.39. The minimum absolute atomic E-state index is 0.0486. The quantitative estimate of drug-likeness (QED) is 0.368. The first-order valence-electron chi connectivity index (χ1n) is 13.1. The first-order chi connectivity index (χ1) is 19.4. The lowest BCUT2D eigenvalue weighted by atomic mass is 10.1. The summed E-state index contributed by atoms with van der Waals surface area (Å²) in [5.74, 6) is 1.61. The van der Waals surface area contributed by atoms with Gasteiger partial charge in [0.1, 0.15) is 17.2 Å². The van der Waals surface area contributed by atoms with Crippen molar-refractivity contribution in [3.05, 3.63) is 89.5 Å². The molecule has 9 heteroatoms. The van der Waals surface area contributed by atoms with E-state index in [1.54, 1.807) is 31.1 Å². The highest BCUT2D eigenvalue weighted by Gasteiger charge is 2.29. The number of carbonyl (C=O) groups excluding carboxylic acids is 3. The summed E-state index contributed by atoms with van der Waals surface area (Å²) in [5.41, 5.74) is 2.71. The molecule has 0 bridgehead atoms. The molecule has 3 amide bonds. The molecule has 0 aliphatic carbocycles. The summed E-state index contributed by atoms with van der Waals surface area (Å²) in [4.78, 5) is 44.2. The maximum absolute atomic E-state index is 13.5. The topological polar surface area (TPSA) is 88.6 Å². The number of hydrogen-bond acceptors (Lipinski definition) is 6. The normalized spacial score (nSPS) is 13.1. The second kappa shape index (κ2) is 13.5. The van der Waals surface area contributed by atoms with Gasteiger partial charge in [-0.1, -0.05) is 36.4 Å². The number of hydrogen-bond donors (Lipinski definition) is 0. The maximum atomic E-state index is 13.5. The van der Waals surface area contributed by atoms with E-state index in [-0.39, 0.29) is 37.2 Å². The van der Waals surface area contributed by atoms with Crippen molar-refractivity contribution >= 4 is 17.7 Å². The fraction of sp³-hybridized carbons (Fsp3) is 0.323. The first-order valence-corrected chi connectivity index (χ1v) is 13.1. The largest absolute Gasteiger partial charge is 0.497 e. The van der Waals surface area contributed by atoms with Crippen molar-refractivity contribution in [3.8, 4) is 17.2 Å². The number of rotatable bonds is 11. The lowest BCUT2D eigenvalue weighted by Gasteiger charge is -2.35. The Kier molecular flexibility index (Phi) is 9.62. The molecular formula is C31H35N3O6. The van der Waals surface area contributed by atoms with Gasteiger partial charge in [-0.3, -0.25) is 14.4 Å². The Bertz CT molecular complexity index is 1260. The van der Waals surface area contributed by atoms with Gasteiger partial charge >= 0.3 is 0 Å². The molecule has 3 aromatic rings. The van der Waals surface area contributed by atoms with E-state index in [1.807, 2.05) is 72.8 Å². The van der Waals surface area contributed by atoms with Crippen LogP contribution in [-0.4, -0.2) is 79.9 Å². The van der Waals surface area contributed by atoms with Gasteiger partial charge in [-0.15, -0.1) is 0 Å². The molecular weight excluding hydrogens is 510 g/mol. The van der Waals surface area contributed by atoms with E-state index >= 15 is 0 Å². The molecule has 1 heterocycles. The van der Waals surface area contributed by atoms with Gasteiger partial charge in [-0.05, 0) is 53.1 Å². The summed E-state index contributed by atoms with van der Waals surface area (Å²) in [6.45, 7) is 1.33. The molecule has 1 saturated heterocycles. The SMILES string of the molecule is COc1ccc(CN(Cc2ccc(OC)cc2)C(=O)CN2CCN(C(=O)Cc3cccc(OC)c3)CC2=O)cc1. The molecule has 1 aliphatic rings. The maximum Gasteiger partial charge on any atom is 0.242 e. The number of nitrogens with zero attached hydrogens (tertiary/aromatic N) is 3. The summed E-state index contributed by atoms with van der Waals surface area (Å²) in [6, 6.07) is 22.4. The third-order valence-electron chi connectivity index (χ3n) is 6.90. The average molecular weight is 546 g/mol. The average Bonchev–Trinajstić information content (AvgIpc) is 2.98. The van der Waals surface area contributed by atoms with Crippen LogP contribution in [0, 0.1) is 0 Å². The number of piperazine rings is 1. The predicted octanol–water partition coefficient (Wildman–Crippen LogP) is 3.15. The molecule has 0 aromatic heterocycles. The smallest absolute Gasteiger partial charge is 0.242 e. The van der Waals surface area contributed by atoms with Crippen LogP contribution in [0.2, 0.25) is 0 Å². The van der Waals surface area contributed by atoms with E-state index in [1.165, 1.54) is 4.90 Å². The molecule has 0 N–H and O–H groups in total. The van der Waals surface area contributed by atoms with E-state index in [9.17, 15) is 14.4 Å². The summed E-state index contributed by atoms with van der Waals surface area (Å²) >= 11 is 0. The zero-order chi connectivity index (χ0) is 28.5. The second-order valence-electron chi connectivity index (χ2n) is 9.60. The lowest BCUT2D eigenvalue weighted by Crippen LogP contribution is -2.54. The van der Waals surface area contributed by atoms with E-state index in [4.69, 9.17) is 14.2 Å². The van der Waals surface area contributed by atoms with Gasteiger partial charge in [0.2, 0.25) is 17.7 Å². The fourth-order valence-corrected chi connectivity index (χ4v) is 4.56. The number of amides is 3. The third kappa shape index (κ3) is 7.53. The zero-order valence-corrected chi connectivity index (χ0v) is 23.2. The molecule has 9 nitrogen and oxygen atoms in total. The van der Waals surface area contributed by atoms with E-state index in [0.717, 1.165) is 28.2 Å². The van der Waals surface area contributed by atoms with Crippen molar-refractivity contribution in [2.75, 3.05) is 47.5 Å². The Morgan fingerprint density at radius 3 is 1.85 bits per heavy atom. The van der Waals surface area contributed by atoms with Crippen molar-refractivity contribution in [2.24, 2.45) is 0 Å². The van der Waals surface area contributed by atoms with Gasteiger partial charge in [-0.2, -0.15) is 0 Å². The van der Waals surface area contributed by atoms with Crippen LogP contribution in [-0.2, 0) is 33.9 Å². The standard InChI is InChI=1S/C31H35N3O6/c1-38-26-11-7-23(8-12-26)19-34(20-24-9-13-27(39-2)14-10-24)31(37)22-33-16-15-32(21-30(33)36)29(35)18-25-5-4-6-28(17-25)40-3/h4-14,17H,15-16,18-22H2,1-3H3. The highest BCUT2D eigenvalue weighted by atomic mass is 16.5. The van der Waals surface area contributed by atoms with Crippen LogP contribution in [0.3, 0.4) is 0 Å². The van der Waals surface area contributed by atoms with Gasteiger partial charge in [-0.25, -0.2) is 0 Å². The molecule has 3 aromatic carbocycles. The third-order valence-corrected chi connectivity index (χ3v) is 6.90. The summed E-state index contributed by atoms with van der Waals surface area (Å²) in [7, 11) is 4.80. The van der Waals surface area contributed by atoms with Crippen molar-refractivity contribution in [1.82, 2.24) is 14.7 Å². The van der Waals surface area contributed by atoms with Crippen LogP contribution in [0.25, 0.3) is 0 Å². The van der Waals surface area contributed by atoms with Gasteiger partial charge in [0.15, 0.2) is 0 Å². The zero-order valence-electron chi connectivity index (χ0n) is 23.2. The molecule has 0 unspecified atom stereocenters. The van der Waals surface area contributed by atoms with E-state index in [0.29, 0.717) is 31.9 Å². The van der Waals surface area contributed by atoms with E-state index < -0.39 is 0 Å². The lowest BCUT2D eigenvalue weighted by molar-refractivity contribution is -0.148. The van der Waals surface area contributed by atoms with Gasteiger partial charge in [0.25, 0.3) is 0 Å². The Hall–Kier alpha value is -4.53. The number of methoxy groups -OCH3 is 3. The minimum atomic E-state index is -0.243. The molecule has 210 valence electrons. The molecule has 0 saturated carbocycles. The second-order valence-corrected chi connectivity index (χ2v) is 9.60. The summed E-state index contributed by atoms with van der Waals surface area (Å²) in [6.07, 6.45) is 0.181. The van der Waals surface area contributed by atoms with Gasteiger partial charge in [0, 0.05) is 26.2 Å². The van der Waals surface area contributed by atoms with E-state index in [2.05, 4.69) is 0 Å². The Labute approximate surface area is 234 Å². The number of ether oxygens (including phenoxy) is 3. The van der Waals surface area contributed by atoms with Crippen LogP contribution in [0.15, 0.2) is 72.8 Å². The molecule has 1 fully saturated rings. The van der Waals surface area contributed by atoms with Crippen LogP contribution in [0.5, 0.6) is 17.2 Å². The Morgan fingerprint density at radius 2 is 1.32 bits per heavy atom. The van der Waals surface area contributed by atoms with Crippen LogP contribution in [0.1, 0.15) is 16.7 Å².